The highest BCUT2D eigenvalue weighted by atomic mass is 79.9. The van der Waals surface area contributed by atoms with E-state index in [1.807, 2.05) is 24.3 Å². The zero-order valence-corrected chi connectivity index (χ0v) is 16.7. The van der Waals surface area contributed by atoms with Gasteiger partial charge in [-0.3, -0.25) is 0 Å². The van der Waals surface area contributed by atoms with Crippen molar-refractivity contribution in [3.05, 3.63) is 64.1 Å². The highest BCUT2D eigenvalue weighted by Crippen LogP contribution is 2.24. The van der Waals surface area contributed by atoms with Crippen LogP contribution < -0.4 is 10.6 Å². The molecule has 0 atom stereocenters. The number of hydrogen-bond acceptors (Lipinski definition) is 5. The van der Waals surface area contributed by atoms with Gasteiger partial charge in [-0.1, -0.05) is 64.1 Å². The molecule has 0 radical (unpaired) electrons. The summed E-state index contributed by atoms with van der Waals surface area (Å²) in [5.41, 5.74) is 9.27. The van der Waals surface area contributed by atoms with Gasteiger partial charge in [-0.15, -0.1) is 5.10 Å². The van der Waals surface area contributed by atoms with Crippen LogP contribution >= 0.6 is 27.7 Å². The van der Waals surface area contributed by atoms with Gasteiger partial charge in [0.15, 0.2) is 5.17 Å². The van der Waals surface area contributed by atoms with Crippen LogP contribution in [0.5, 0.6) is 0 Å². The Kier molecular flexibility index (Phi) is 7.11. The number of amidine groups is 1. The Hall–Kier alpha value is -1.83. The molecule has 136 valence electrons. The van der Waals surface area contributed by atoms with Crippen LogP contribution in [0, 0.1) is 0 Å². The molecular weight excluding hydrogens is 412 g/mol. The van der Waals surface area contributed by atoms with E-state index in [-0.39, 0.29) is 0 Å². The fourth-order valence-corrected chi connectivity index (χ4v) is 3.63. The molecule has 2 aromatic rings. The number of nitrogens with two attached hydrogens (primary N) is 1. The summed E-state index contributed by atoms with van der Waals surface area (Å²) in [6.07, 6.45) is 1.71. The second kappa shape index (κ2) is 9.75. The van der Waals surface area contributed by atoms with Gasteiger partial charge in [0.05, 0.1) is 19.4 Å². The Morgan fingerprint density at radius 2 is 1.96 bits per heavy atom. The van der Waals surface area contributed by atoms with Gasteiger partial charge in [-0.25, -0.2) is 0 Å². The Bertz CT molecular complexity index is 776. The number of rotatable bonds is 5. The number of anilines is 1. The van der Waals surface area contributed by atoms with Crippen molar-refractivity contribution in [3.8, 4) is 0 Å². The van der Waals surface area contributed by atoms with Gasteiger partial charge in [0.1, 0.15) is 0 Å². The largest absolute Gasteiger partial charge is 0.378 e. The average Bonchev–Trinajstić information content (AvgIpc) is 2.69. The molecule has 1 saturated heterocycles. The van der Waals surface area contributed by atoms with Crippen LogP contribution in [0.1, 0.15) is 11.1 Å². The van der Waals surface area contributed by atoms with Crippen molar-refractivity contribution < 1.29 is 4.74 Å². The second-order valence-corrected chi connectivity index (χ2v) is 7.61. The first-order valence-electron chi connectivity index (χ1n) is 8.38. The van der Waals surface area contributed by atoms with Crippen LogP contribution in [0.25, 0.3) is 0 Å². The first-order valence-corrected chi connectivity index (χ1v) is 10.2. The fraction of sp³-hybridized carbons (Fsp3) is 0.263. The molecule has 0 saturated carbocycles. The normalized spacial score (nSPS) is 15.6. The van der Waals surface area contributed by atoms with Crippen LogP contribution in [0.3, 0.4) is 0 Å². The van der Waals surface area contributed by atoms with E-state index in [0.717, 1.165) is 42.1 Å². The minimum absolute atomic E-state index is 0.450. The number of ether oxygens (including phenoxy) is 1. The summed E-state index contributed by atoms with van der Waals surface area (Å²) < 4.78 is 6.38. The number of hydrogen-bond donors (Lipinski definition) is 1. The Balaban J connectivity index is 1.57. The van der Waals surface area contributed by atoms with E-state index in [2.05, 4.69) is 55.3 Å². The quantitative estimate of drug-likeness (QED) is 0.442. The van der Waals surface area contributed by atoms with Crippen LogP contribution in [0.2, 0.25) is 0 Å². The molecule has 1 aliphatic rings. The predicted molar refractivity (Wildman–Crippen MR) is 114 cm³/mol. The lowest BCUT2D eigenvalue weighted by atomic mass is 10.2. The Labute approximate surface area is 166 Å². The Morgan fingerprint density at radius 1 is 1.19 bits per heavy atom. The van der Waals surface area contributed by atoms with E-state index in [1.165, 1.54) is 23.0 Å². The van der Waals surface area contributed by atoms with E-state index in [0.29, 0.717) is 5.17 Å². The molecule has 0 bridgehead atoms. The van der Waals surface area contributed by atoms with Crippen LogP contribution in [-0.4, -0.2) is 37.7 Å². The van der Waals surface area contributed by atoms with Gasteiger partial charge in [0.2, 0.25) is 0 Å². The Morgan fingerprint density at radius 3 is 2.69 bits per heavy atom. The summed E-state index contributed by atoms with van der Waals surface area (Å²) in [6, 6.07) is 16.4. The van der Waals surface area contributed by atoms with Gasteiger partial charge >= 0.3 is 0 Å². The molecular formula is C19H21BrN4OS. The minimum Gasteiger partial charge on any atom is -0.378 e. The third-order valence-corrected chi connectivity index (χ3v) is 5.48. The molecule has 1 heterocycles. The maximum absolute atomic E-state index is 5.91. The van der Waals surface area contributed by atoms with E-state index in [1.54, 1.807) is 6.21 Å². The van der Waals surface area contributed by atoms with Gasteiger partial charge in [-0.2, -0.15) is 5.10 Å². The number of nitrogens with zero attached hydrogens (tertiary/aromatic N) is 3. The lowest BCUT2D eigenvalue weighted by molar-refractivity contribution is 0.122. The lowest BCUT2D eigenvalue weighted by Crippen LogP contribution is -2.36. The molecule has 7 heteroatoms. The van der Waals surface area contributed by atoms with Crippen molar-refractivity contribution in [2.75, 3.05) is 31.2 Å². The molecule has 5 nitrogen and oxygen atoms in total. The van der Waals surface area contributed by atoms with Crippen LogP contribution in [-0.2, 0) is 10.5 Å². The number of halogens is 1. The molecule has 0 aromatic heterocycles. The molecule has 1 fully saturated rings. The minimum atomic E-state index is 0.450. The first-order chi connectivity index (χ1) is 12.7. The van der Waals surface area contributed by atoms with Crippen molar-refractivity contribution in [1.29, 1.82) is 0 Å². The zero-order chi connectivity index (χ0) is 18.2. The smallest absolute Gasteiger partial charge is 0.180 e. The molecule has 0 unspecified atom stereocenters. The van der Waals surface area contributed by atoms with Crippen molar-refractivity contribution >= 4 is 44.8 Å². The third kappa shape index (κ3) is 5.59. The summed E-state index contributed by atoms with van der Waals surface area (Å²) in [6.45, 7) is 3.38. The zero-order valence-electron chi connectivity index (χ0n) is 14.3. The van der Waals surface area contributed by atoms with Gasteiger partial charge < -0.3 is 15.4 Å². The lowest BCUT2D eigenvalue weighted by Gasteiger charge is -2.29. The molecule has 2 aromatic carbocycles. The van der Waals surface area contributed by atoms with Crippen molar-refractivity contribution in [3.63, 3.8) is 0 Å². The van der Waals surface area contributed by atoms with Crippen molar-refractivity contribution in [2.24, 2.45) is 15.9 Å². The number of benzene rings is 2. The highest BCUT2D eigenvalue weighted by molar-refractivity contribution is 9.10. The van der Waals surface area contributed by atoms with E-state index < -0.39 is 0 Å². The third-order valence-electron chi connectivity index (χ3n) is 3.94. The molecule has 0 spiro atoms. The van der Waals surface area contributed by atoms with Crippen molar-refractivity contribution in [1.82, 2.24) is 0 Å². The molecule has 3 rings (SSSR count). The van der Waals surface area contributed by atoms with Crippen LogP contribution in [0.15, 0.2) is 63.2 Å². The first kappa shape index (κ1) is 18.9. The molecule has 1 aliphatic heterocycles. The average molecular weight is 433 g/mol. The van der Waals surface area contributed by atoms with Gasteiger partial charge in [0.25, 0.3) is 0 Å². The van der Waals surface area contributed by atoms with E-state index in [9.17, 15) is 0 Å². The summed E-state index contributed by atoms with van der Waals surface area (Å²) in [4.78, 5) is 2.31. The monoisotopic (exact) mass is 432 g/mol. The van der Waals surface area contributed by atoms with Gasteiger partial charge in [0, 0.05) is 34.6 Å². The topological polar surface area (TPSA) is 63.2 Å². The molecule has 0 aliphatic carbocycles. The molecule has 0 amide bonds. The summed E-state index contributed by atoms with van der Waals surface area (Å²) in [5.74, 6) is 0.781. The van der Waals surface area contributed by atoms with Crippen molar-refractivity contribution in [2.45, 2.75) is 5.75 Å². The second-order valence-electron chi connectivity index (χ2n) is 5.76. The maximum atomic E-state index is 5.91. The highest BCUT2D eigenvalue weighted by Gasteiger charge is 2.12. The predicted octanol–water partition coefficient (Wildman–Crippen LogP) is 3.87. The number of thioether (sulfide) groups is 1. The molecule has 26 heavy (non-hydrogen) atoms. The SMILES string of the molecule is NC(=NN=Cc1ccc(N2CCOCC2)cc1Br)SCc1ccccc1. The summed E-state index contributed by atoms with van der Waals surface area (Å²) in [7, 11) is 0. The standard InChI is InChI=1S/C19H21BrN4OS/c20-18-12-17(24-8-10-25-11-9-24)7-6-16(18)13-22-23-19(21)26-14-15-4-2-1-3-5-15/h1-7,12-13H,8-11,14H2,(H2,21,23). The van der Waals surface area contributed by atoms with Crippen LogP contribution in [0.4, 0.5) is 5.69 Å². The summed E-state index contributed by atoms with van der Waals surface area (Å²) >= 11 is 5.08. The number of morpholine rings is 1. The molecule has 2 N–H and O–H groups in total. The maximum Gasteiger partial charge on any atom is 0.180 e. The summed E-state index contributed by atoms with van der Waals surface area (Å²) in [5, 5.41) is 8.63. The van der Waals surface area contributed by atoms with E-state index >= 15 is 0 Å². The van der Waals surface area contributed by atoms with E-state index in [4.69, 9.17) is 10.5 Å². The fourth-order valence-electron chi connectivity index (χ4n) is 2.55. The van der Waals surface area contributed by atoms with Gasteiger partial charge in [-0.05, 0) is 17.7 Å².